The van der Waals surface area contributed by atoms with E-state index in [1.165, 1.54) is 74.6 Å². The molecule has 1 atom stereocenters. The summed E-state index contributed by atoms with van der Waals surface area (Å²) < 4.78 is 6.61. The summed E-state index contributed by atoms with van der Waals surface area (Å²) in [6.45, 7) is 7.18. The van der Waals surface area contributed by atoms with Crippen molar-refractivity contribution < 1.29 is 4.74 Å². The summed E-state index contributed by atoms with van der Waals surface area (Å²) in [5.74, 6) is 2.72. The van der Waals surface area contributed by atoms with Crippen LogP contribution >= 0.6 is 15.9 Å². The molecule has 1 saturated carbocycles. The Bertz CT molecular complexity index is 571. The quantitative estimate of drug-likeness (QED) is 0.570. The number of ether oxygens (including phenoxy) is 1. The normalized spacial score (nSPS) is 26.4. The molecule has 2 aliphatic rings. The maximum absolute atomic E-state index is 5.39. The van der Waals surface area contributed by atoms with Crippen molar-refractivity contribution >= 4 is 15.9 Å². The molecule has 1 aliphatic carbocycles. The Kier molecular flexibility index (Phi) is 8.47. The molecule has 0 bridgehead atoms. The van der Waals surface area contributed by atoms with Gasteiger partial charge in [0.1, 0.15) is 5.75 Å². The Morgan fingerprint density at radius 2 is 1.96 bits per heavy atom. The maximum Gasteiger partial charge on any atom is 0.119 e. The van der Waals surface area contributed by atoms with Crippen LogP contribution in [0.4, 0.5) is 0 Å². The van der Waals surface area contributed by atoms with Gasteiger partial charge in [0, 0.05) is 17.1 Å². The average Bonchev–Trinajstić information content (AvgIpc) is 3.12. The largest absolute Gasteiger partial charge is 0.497 e. The van der Waals surface area contributed by atoms with Crippen molar-refractivity contribution in [2.24, 2.45) is 11.8 Å². The lowest BCUT2D eigenvalue weighted by Crippen LogP contribution is -2.33. The highest BCUT2D eigenvalue weighted by Crippen LogP contribution is 2.30. The molecular weight excluding hydrogens is 400 g/mol. The van der Waals surface area contributed by atoms with Crippen LogP contribution in [0.5, 0.6) is 5.75 Å². The third-order valence-corrected chi connectivity index (χ3v) is 7.33. The first-order chi connectivity index (χ1) is 13.2. The Balaban J connectivity index is 1.34. The van der Waals surface area contributed by atoms with Crippen LogP contribution in [0.1, 0.15) is 57.4 Å². The van der Waals surface area contributed by atoms with Crippen LogP contribution in [0, 0.1) is 11.8 Å². The molecule has 1 saturated heterocycles. The van der Waals surface area contributed by atoms with E-state index < -0.39 is 0 Å². The van der Waals surface area contributed by atoms with Gasteiger partial charge in [0.15, 0.2) is 0 Å². The highest BCUT2D eigenvalue weighted by molar-refractivity contribution is 9.10. The third-order valence-electron chi connectivity index (χ3n) is 6.56. The standard InChI is InChI=1S/C23H37BrN2O/c1-3-25-21-8-6-18(7-9-21)5-4-13-26-14-12-19(17-26)15-20-16-22(27-2)10-11-23(20)24/h10-11,16,18-19,21,25H,3-9,12-15,17H2,1-2H3. The van der Waals surface area contributed by atoms with Crippen LogP contribution in [0.3, 0.4) is 0 Å². The summed E-state index contributed by atoms with van der Waals surface area (Å²) in [6.07, 6.45) is 10.9. The van der Waals surface area contributed by atoms with Gasteiger partial charge in [-0.2, -0.15) is 0 Å². The SMILES string of the molecule is CCNC1CCC(CCCN2CCC(Cc3cc(OC)ccc3Br)C2)CC1. The molecule has 0 aromatic heterocycles. The molecule has 0 radical (unpaired) electrons. The number of nitrogens with one attached hydrogen (secondary N) is 1. The van der Waals surface area contributed by atoms with Gasteiger partial charge in [0.05, 0.1) is 7.11 Å². The van der Waals surface area contributed by atoms with Crippen LogP contribution in [0.25, 0.3) is 0 Å². The Labute approximate surface area is 174 Å². The van der Waals surface area contributed by atoms with Crippen molar-refractivity contribution in [1.29, 1.82) is 0 Å². The van der Waals surface area contributed by atoms with Crippen molar-refractivity contribution in [2.75, 3.05) is 33.3 Å². The number of benzene rings is 1. The molecule has 1 heterocycles. The number of halogens is 1. The minimum absolute atomic E-state index is 0.781. The van der Waals surface area contributed by atoms with Gasteiger partial charge in [-0.15, -0.1) is 0 Å². The second-order valence-corrected chi connectivity index (χ2v) is 9.39. The first-order valence-electron chi connectivity index (χ1n) is 11.0. The number of nitrogens with zero attached hydrogens (tertiary/aromatic N) is 1. The van der Waals surface area contributed by atoms with E-state index in [1.54, 1.807) is 7.11 Å². The second kappa shape index (κ2) is 10.8. The zero-order valence-electron chi connectivity index (χ0n) is 17.2. The van der Waals surface area contributed by atoms with E-state index in [9.17, 15) is 0 Å². The van der Waals surface area contributed by atoms with Crippen LogP contribution in [-0.4, -0.2) is 44.2 Å². The van der Waals surface area contributed by atoms with Crippen molar-refractivity contribution in [1.82, 2.24) is 10.2 Å². The summed E-state index contributed by atoms with van der Waals surface area (Å²) in [4.78, 5) is 2.70. The monoisotopic (exact) mass is 436 g/mol. The Morgan fingerprint density at radius 3 is 2.70 bits per heavy atom. The maximum atomic E-state index is 5.39. The van der Waals surface area contributed by atoms with E-state index in [-0.39, 0.29) is 0 Å². The number of hydrogen-bond donors (Lipinski definition) is 1. The molecule has 1 aliphatic heterocycles. The van der Waals surface area contributed by atoms with Crippen LogP contribution in [-0.2, 0) is 6.42 Å². The lowest BCUT2D eigenvalue weighted by Gasteiger charge is -2.29. The first-order valence-corrected chi connectivity index (χ1v) is 11.7. The third kappa shape index (κ3) is 6.47. The second-order valence-electron chi connectivity index (χ2n) is 8.53. The first kappa shape index (κ1) is 21.1. The molecule has 1 aromatic rings. The van der Waals surface area contributed by atoms with Gasteiger partial charge in [0.25, 0.3) is 0 Å². The fraction of sp³-hybridized carbons (Fsp3) is 0.739. The van der Waals surface area contributed by atoms with Crippen molar-refractivity contribution in [2.45, 2.75) is 64.3 Å². The van der Waals surface area contributed by atoms with Gasteiger partial charge in [0.2, 0.25) is 0 Å². The average molecular weight is 437 g/mol. The van der Waals surface area contributed by atoms with Crippen LogP contribution in [0.15, 0.2) is 22.7 Å². The zero-order valence-corrected chi connectivity index (χ0v) is 18.8. The number of hydrogen-bond acceptors (Lipinski definition) is 3. The molecule has 0 amide bonds. The van der Waals surface area contributed by atoms with Gasteiger partial charge in [-0.3, -0.25) is 0 Å². The van der Waals surface area contributed by atoms with E-state index in [2.05, 4.69) is 45.2 Å². The highest BCUT2D eigenvalue weighted by atomic mass is 79.9. The molecule has 27 heavy (non-hydrogen) atoms. The molecular formula is C23H37BrN2O. The lowest BCUT2D eigenvalue weighted by atomic mass is 9.83. The number of rotatable bonds is 9. The number of likely N-dealkylation sites (tertiary alicyclic amines) is 1. The van der Waals surface area contributed by atoms with E-state index in [1.807, 2.05) is 6.07 Å². The van der Waals surface area contributed by atoms with E-state index in [0.717, 1.165) is 36.6 Å². The van der Waals surface area contributed by atoms with Crippen LogP contribution < -0.4 is 10.1 Å². The summed E-state index contributed by atoms with van der Waals surface area (Å²) in [6, 6.07) is 7.13. The molecule has 2 fully saturated rings. The molecule has 152 valence electrons. The van der Waals surface area contributed by atoms with Crippen molar-refractivity contribution in [3.05, 3.63) is 28.2 Å². The number of methoxy groups -OCH3 is 1. The smallest absolute Gasteiger partial charge is 0.119 e. The van der Waals surface area contributed by atoms with Gasteiger partial charge < -0.3 is 15.0 Å². The van der Waals surface area contributed by atoms with E-state index in [0.29, 0.717) is 0 Å². The topological polar surface area (TPSA) is 24.5 Å². The van der Waals surface area contributed by atoms with Gasteiger partial charge in [-0.1, -0.05) is 22.9 Å². The van der Waals surface area contributed by atoms with Gasteiger partial charge in [-0.05, 0) is 107 Å². The van der Waals surface area contributed by atoms with Crippen LogP contribution in [0.2, 0.25) is 0 Å². The molecule has 1 aromatic carbocycles. The Hall–Kier alpha value is -0.580. The Morgan fingerprint density at radius 1 is 1.15 bits per heavy atom. The summed E-state index contributed by atoms with van der Waals surface area (Å²) in [5, 5.41) is 3.62. The van der Waals surface area contributed by atoms with Crippen molar-refractivity contribution in [3.8, 4) is 5.75 Å². The molecule has 3 rings (SSSR count). The minimum Gasteiger partial charge on any atom is -0.497 e. The fourth-order valence-electron chi connectivity index (χ4n) is 4.98. The van der Waals surface area contributed by atoms with Gasteiger partial charge in [-0.25, -0.2) is 0 Å². The molecule has 4 heteroatoms. The predicted molar refractivity (Wildman–Crippen MR) is 118 cm³/mol. The molecule has 1 N–H and O–H groups in total. The molecule has 0 spiro atoms. The summed E-state index contributed by atoms with van der Waals surface area (Å²) in [7, 11) is 1.75. The predicted octanol–water partition coefficient (Wildman–Crippen LogP) is 5.27. The van der Waals surface area contributed by atoms with Crippen molar-refractivity contribution in [3.63, 3.8) is 0 Å². The minimum atomic E-state index is 0.781. The van der Waals surface area contributed by atoms with E-state index >= 15 is 0 Å². The zero-order chi connectivity index (χ0) is 19.1. The lowest BCUT2D eigenvalue weighted by molar-refractivity contribution is 0.256. The summed E-state index contributed by atoms with van der Waals surface area (Å²) in [5.41, 5.74) is 1.39. The molecule has 1 unspecified atom stereocenters. The summed E-state index contributed by atoms with van der Waals surface area (Å²) >= 11 is 3.71. The van der Waals surface area contributed by atoms with E-state index in [4.69, 9.17) is 4.74 Å². The van der Waals surface area contributed by atoms with Gasteiger partial charge >= 0.3 is 0 Å². The molecule has 3 nitrogen and oxygen atoms in total. The highest BCUT2D eigenvalue weighted by Gasteiger charge is 2.24. The fourth-order valence-corrected chi connectivity index (χ4v) is 5.38.